The maximum Gasteiger partial charge on any atom is 0.416 e. The molecular formula is C14H16F3N5O. The van der Waals surface area contributed by atoms with E-state index in [0.29, 0.717) is 31.3 Å². The molecular weight excluding hydrogens is 311 g/mol. The molecule has 0 N–H and O–H groups in total. The maximum absolute atomic E-state index is 12.8. The Kier molecular flexibility index (Phi) is 4.46. The van der Waals surface area contributed by atoms with Gasteiger partial charge in [0.1, 0.15) is 0 Å². The van der Waals surface area contributed by atoms with Crippen LogP contribution in [0.25, 0.3) is 0 Å². The van der Waals surface area contributed by atoms with E-state index in [1.54, 1.807) is 6.07 Å². The lowest BCUT2D eigenvalue weighted by Gasteiger charge is -2.20. The van der Waals surface area contributed by atoms with Gasteiger partial charge in [-0.15, -0.1) is 0 Å². The van der Waals surface area contributed by atoms with E-state index >= 15 is 0 Å². The number of benzene rings is 1. The van der Waals surface area contributed by atoms with Crippen molar-refractivity contribution in [2.75, 3.05) is 31.2 Å². The largest absolute Gasteiger partial charge is 0.416 e. The fraction of sp³-hybridized carbons (Fsp3) is 0.500. The number of alkyl halides is 3. The van der Waals surface area contributed by atoms with Crippen LogP contribution in [0.3, 0.4) is 0 Å². The molecule has 0 unspecified atom stereocenters. The van der Waals surface area contributed by atoms with Crippen LogP contribution in [0.1, 0.15) is 17.5 Å². The zero-order chi connectivity index (χ0) is 16.3. The third kappa shape index (κ3) is 3.79. The lowest BCUT2D eigenvalue weighted by molar-refractivity contribution is -0.137. The first-order valence-electron chi connectivity index (χ1n) is 7.29. The Morgan fingerprint density at radius 1 is 1.17 bits per heavy atom. The van der Waals surface area contributed by atoms with Crippen LogP contribution in [-0.2, 0) is 17.5 Å². The molecule has 2 heterocycles. The first-order valence-corrected chi connectivity index (χ1v) is 7.29. The van der Waals surface area contributed by atoms with Crippen LogP contribution in [0.5, 0.6) is 0 Å². The minimum atomic E-state index is -4.36. The number of hydrogen-bond acceptors (Lipinski definition) is 5. The van der Waals surface area contributed by atoms with Crippen molar-refractivity contribution in [2.45, 2.75) is 19.1 Å². The summed E-state index contributed by atoms with van der Waals surface area (Å²) < 4.78 is 45.3. The maximum atomic E-state index is 12.8. The number of hydrogen-bond donors (Lipinski definition) is 0. The van der Waals surface area contributed by atoms with Gasteiger partial charge in [0.2, 0.25) is 5.95 Å². The predicted molar refractivity (Wildman–Crippen MR) is 76.0 cm³/mol. The van der Waals surface area contributed by atoms with E-state index in [-0.39, 0.29) is 6.54 Å². The SMILES string of the molecule is FC(F)(F)c1cccc(Cn2nnnc2N2CCCOCC2)c1. The summed E-state index contributed by atoms with van der Waals surface area (Å²) in [7, 11) is 0. The molecule has 3 rings (SSSR count). The number of aromatic nitrogens is 4. The Labute approximate surface area is 130 Å². The summed E-state index contributed by atoms with van der Waals surface area (Å²) in [6.07, 6.45) is -3.50. The Morgan fingerprint density at radius 3 is 2.87 bits per heavy atom. The standard InChI is InChI=1S/C14H16F3N5O/c15-14(16,17)12-4-1-3-11(9-12)10-22-13(18-19-20-22)21-5-2-7-23-8-6-21/h1,3-4,9H,2,5-8,10H2. The summed E-state index contributed by atoms with van der Waals surface area (Å²) in [5.74, 6) is 0.549. The van der Waals surface area contributed by atoms with Crippen molar-refractivity contribution in [1.29, 1.82) is 0 Å². The second-order valence-electron chi connectivity index (χ2n) is 5.29. The number of rotatable bonds is 3. The molecule has 1 aliphatic heterocycles. The van der Waals surface area contributed by atoms with E-state index in [1.807, 2.05) is 4.90 Å². The molecule has 0 atom stereocenters. The minimum Gasteiger partial charge on any atom is -0.380 e. The van der Waals surface area contributed by atoms with Gasteiger partial charge in [0.15, 0.2) is 0 Å². The van der Waals surface area contributed by atoms with E-state index in [4.69, 9.17) is 4.74 Å². The molecule has 0 saturated carbocycles. The van der Waals surface area contributed by atoms with Crippen LogP contribution in [0.15, 0.2) is 24.3 Å². The highest BCUT2D eigenvalue weighted by Crippen LogP contribution is 2.29. The van der Waals surface area contributed by atoms with E-state index in [1.165, 1.54) is 10.7 Å². The summed E-state index contributed by atoms with van der Waals surface area (Å²) in [6, 6.07) is 5.20. The third-order valence-electron chi connectivity index (χ3n) is 3.60. The lowest BCUT2D eigenvalue weighted by atomic mass is 10.1. The fourth-order valence-electron chi connectivity index (χ4n) is 2.49. The highest BCUT2D eigenvalue weighted by Gasteiger charge is 2.30. The van der Waals surface area contributed by atoms with Gasteiger partial charge in [-0.3, -0.25) is 0 Å². The normalized spacial score (nSPS) is 16.4. The van der Waals surface area contributed by atoms with Crippen molar-refractivity contribution in [1.82, 2.24) is 20.2 Å². The summed E-state index contributed by atoms with van der Waals surface area (Å²) in [5, 5.41) is 11.6. The molecule has 1 fully saturated rings. The van der Waals surface area contributed by atoms with Crippen LogP contribution >= 0.6 is 0 Å². The number of tetrazole rings is 1. The Balaban J connectivity index is 1.80. The van der Waals surface area contributed by atoms with Gasteiger partial charge in [0, 0.05) is 19.7 Å². The van der Waals surface area contributed by atoms with Crippen molar-refractivity contribution in [2.24, 2.45) is 0 Å². The molecule has 0 amide bonds. The van der Waals surface area contributed by atoms with Crippen LogP contribution in [0.4, 0.5) is 19.1 Å². The number of ether oxygens (including phenoxy) is 1. The van der Waals surface area contributed by atoms with Gasteiger partial charge < -0.3 is 9.64 Å². The topological polar surface area (TPSA) is 56.1 Å². The first kappa shape index (κ1) is 15.7. The third-order valence-corrected chi connectivity index (χ3v) is 3.60. The molecule has 0 radical (unpaired) electrons. The smallest absolute Gasteiger partial charge is 0.380 e. The van der Waals surface area contributed by atoms with Gasteiger partial charge in [-0.05, 0) is 34.5 Å². The molecule has 124 valence electrons. The zero-order valence-electron chi connectivity index (χ0n) is 12.3. The average Bonchev–Trinajstić information content (AvgIpc) is 2.80. The van der Waals surface area contributed by atoms with E-state index in [9.17, 15) is 13.2 Å². The number of anilines is 1. The van der Waals surface area contributed by atoms with E-state index in [2.05, 4.69) is 15.5 Å². The van der Waals surface area contributed by atoms with Gasteiger partial charge >= 0.3 is 6.18 Å². The summed E-state index contributed by atoms with van der Waals surface area (Å²) >= 11 is 0. The van der Waals surface area contributed by atoms with Crippen molar-refractivity contribution < 1.29 is 17.9 Å². The summed E-state index contributed by atoms with van der Waals surface area (Å²) in [4.78, 5) is 1.99. The molecule has 2 aromatic rings. The monoisotopic (exact) mass is 327 g/mol. The van der Waals surface area contributed by atoms with E-state index in [0.717, 1.165) is 25.1 Å². The minimum absolute atomic E-state index is 0.184. The number of nitrogens with zero attached hydrogens (tertiary/aromatic N) is 5. The second-order valence-corrected chi connectivity index (χ2v) is 5.29. The van der Waals surface area contributed by atoms with Gasteiger partial charge in [-0.1, -0.05) is 17.2 Å². The second kappa shape index (κ2) is 6.53. The van der Waals surface area contributed by atoms with Crippen LogP contribution in [0.2, 0.25) is 0 Å². The summed E-state index contributed by atoms with van der Waals surface area (Å²) in [5.41, 5.74) is -0.174. The molecule has 1 aliphatic rings. The fourth-order valence-corrected chi connectivity index (χ4v) is 2.49. The van der Waals surface area contributed by atoms with Crippen molar-refractivity contribution in [3.05, 3.63) is 35.4 Å². The predicted octanol–water partition coefficient (Wildman–Crippen LogP) is 1.97. The van der Waals surface area contributed by atoms with Gasteiger partial charge in [-0.25, -0.2) is 4.68 Å². The number of halogens is 3. The van der Waals surface area contributed by atoms with Gasteiger partial charge in [-0.2, -0.15) is 13.2 Å². The van der Waals surface area contributed by atoms with Crippen molar-refractivity contribution in [3.8, 4) is 0 Å². The quantitative estimate of drug-likeness (QED) is 0.863. The molecule has 0 bridgehead atoms. The molecule has 9 heteroatoms. The van der Waals surface area contributed by atoms with Crippen molar-refractivity contribution >= 4 is 5.95 Å². The van der Waals surface area contributed by atoms with Crippen molar-refractivity contribution in [3.63, 3.8) is 0 Å². The first-order chi connectivity index (χ1) is 11.0. The molecule has 1 saturated heterocycles. The Hall–Kier alpha value is -2.16. The van der Waals surface area contributed by atoms with Crippen LogP contribution in [-0.4, -0.2) is 46.5 Å². The average molecular weight is 327 g/mol. The summed E-state index contributed by atoms with van der Waals surface area (Å²) in [6.45, 7) is 2.86. The molecule has 0 spiro atoms. The Bertz CT molecular complexity index is 650. The molecule has 0 aliphatic carbocycles. The molecule has 23 heavy (non-hydrogen) atoms. The molecule has 6 nitrogen and oxygen atoms in total. The van der Waals surface area contributed by atoms with Gasteiger partial charge in [0.05, 0.1) is 18.7 Å². The van der Waals surface area contributed by atoms with E-state index < -0.39 is 11.7 Å². The Morgan fingerprint density at radius 2 is 2.04 bits per heavy atom. The van der Waals surface area contributed by atoms with Crippen LogP contribution < -0.4 is 4.90 Å². The highest BCUT2D eigenvalue weighted by molar-refractivity contribution is 5.31. The molecule has 1 aromatic carbocycles. The lowest BCUT2D eigenvalue weighted by Crippen LogP contribution is -2.29. The zero-order valence-corrected chi connectivity index (χ0v) is 12.3. The van der Waals surface area contributed by atoms with Gasteiger partial charge in [0.25, 0.3) is 0 Å². The van der Waals surface area contributed by atoms with Crippen LogP contribution in [0, 0.1) is 0 Å². The molecule has 1 aromatic heterocycles. The highest BCUT2D eigenvalue weighted by atomic mass is 19.4.